The number of piperidine rings is 1. The lowest BCUT2D eigenvalue weighted by atomic mass is 9.78. The van der Waals surface area contributed by atoms with Gasteiger partial charge in [-0.1, -0.05) is 84.5 Å². The number of fused-ring (bicyclic) bond motifs is 1. The zero-order valence-corrected chi connectivity index (χ0v) is 63.7. The molecule has 3 N–H and O–H groups in total. The fourth-order valence-electron chi connectivity index (χ4n) is 17.1. The molecule has 4 aliphatic carbocycles. The van der Waals surface area contributed by atoms with Crippen LogP contribution in [-0.2, 0) is 57.5 Å². The molecule has 0 aromatic carbocycles. The summed E-state index contributed by atoms with van der Waals surface area (Å²) in [6, 6.07) is -9.04. The zero-order chi connectivity index (χ0) is 76.5. The van der Waals surface area contributed by atoms with Crippen molar-refractivity contribution in [3.8, 4) is 0 Å². The van der Waals surface area contributed by atoms with E-state index in [-0.39, 0.29) is 108 Å². The molecule has 104 heavy (non-hydrogen) atoms. The Kier molecular flexibility index (Phi) is 31.7. The van der Waals surface area contributed by atoms with Crippen LogP contribution >= 0.6 is 11.6 Å². The normalized spacial score (nSPS) is 29.2. The van der Waals surface area contributed by atoms with Gasteiger partial charge in [-0.3, -0.25) is 57.5 Å². The SMILES string of the molecule is CC(C)C[C@H]1C(=O)N[C@@H](CCCCC(F)F)C(=O)N(C)CC(=O)N(C)CC(=O)N(C)[C@@H](CC2CCCCC2)C(=O)N(C)CC(=O)N[C@@H](CCC2CCC(C(F)(F)F)C(Cl)C2)C(=O)N2CCC[C@H]2C(=O)NC2(CCCC2)C(=O)N(C)[C@@H](C2CCCCC2)C(=O)N(C)[C@H](C(=O)N2CCCCC2)CC(=O)N1C. The summed E-state index contributed by atoms with van der Waals surface area (Å²) in [5.74, 6) is -10.9. The number of carbonyl (C=O) groups excluding carboxylic acids is 12. The van der Waals surface area contributed by atoms with Crippen molar-refractivity contribution >= 4 is 82.5 Å². The van der Waals surface area contributed by atoms with Gasteiger partial charge in [-0.05, 0) is 139 Å². The van der Waals surface area contributed by atoms with Crippen LogP contribution in [0.5, 0.6) is 0 Å². The maximum atomic E-state index is 15.8. The second-order valence-electron chi connectivity index (χ2n) is 31.6. The predicted octanol–water partition coefficient (Wildman–Crippen LogP) is 7.26. The molecule has 1 spiro atoms. The van der Waals surface area contributed by atoms with Gasteiger partial charge in [0.25, 0.3) is 0 Å². The van der Waals surface area contributed by atoms with Crippen molar-refractivity contribution in [2.75, 3.05) is 88.6 Å². The summed E-state index contributed by atoms with van der Waals surface area (Å²) >= 11 is 6.41. The number of likely N-dealkylation sites (tertiary alicyclic amines) is 1. The van der Waals surface area contributed by atoms with Gasteiger partial charge >= 0.3 is 6.18 Å². The number of unbranched alkanes of at least 4 members (excludes halogenated alkanes) is 1. The minimum atomic E-state index is -4.52. The molecule has 3 heterocycles. The van der Waals surface area contributed by atoms with Gasteiger partial charge in [0.1, 0.15) is 47.8 Å². The van der Waals surface area contributed by atoms with Gasteiger partial charge in [-0.25, -0.2) is 8.78 Å². The number of carbonyl (C=O) groups is 12. The van der Waals surface area contributed by atoms with Crippen molar-refractivity contribution in [3.63, 3.8) is 0 Å². The molecule has 0 radical (unpaired) electrons. The van der Waals surface area contributed by atoms with Crippen molar-refractivity contribution < 1.29 is 79.5 Å². The Morgan fingerprint density at radius 2 is 1.15 bits per heavy atom. The van der Waals surface area contributed by atoms with Crippen molar-refractivity contribution in [2.45, 2.75) is 279 Å². The molecule has 0 aromatic heterocycles. The van der Waals surface area contributed by atoms with E-state index in [9.17, 15) is 50.7 Å². The summed E-state index contributed by atoms with van der Waals surface area (Å²) in [5.41, 5.74) is -1.58. The fraction of sp³-hybridized carbons (Fsp3) is 0.838. The lowest BCUT2D eigenvalue weighted by Gasteiger charge is -2.43. The summed E-state index contributed by atoms with van der Waals surface area (Å²) in [6.07, 6.45) is 3.44. The summed E-state index contributed by atoms with van der Waals surface area (Å²) in [4.78, 5) is 191. The molecule has 588 valence electrons. The molecule has 10 atom stereocenters. The number of likely N-dealkylation sites (N-methyl/N-ethyl adjacent to an activating group) is 7. The first-order chi connectivity index (χ1) is 49.1. The quantitative estimate of drug-likeness (QED) is 0.0881. The lowest BCUT2D eigenvalue weighted by Crippen LogP contribution is -2.65. The first kappa shape index (κ1) is 84.8. The maximum Gasteiger partial charge on any atom is 0.393 e. The molecule has 3 saturated heterocycles. The Morgan fingerprint density at radius 1 is 0.558 bits per heavy atom. The summed E-state index contributed by atoms with van der Waals surface area (Å²) in [7, 11) is 9.75. The standard InChI is InChI=1S/C74H118ClF5N12O12/c1-47(2)40-56-65(97)82-53(28-17-18-30-59(76)77)67(99)86(5)45-62(95)84(3)46-63(96)88(7)57(42-48-24-13-10-14-25-48)69(101)85(4)44-60(93)81-54(34-32-49-31-33-51(52(75)41-49)74(78,79)80)68(100)92-39-23-29-55(92)66(98)83-73(35-19-20-36-73)72(104)90(9)64(50-26-15-11-16-27-50)71(103)89(8)58(43-61(94)87(56)6)70(102)91-37-21-12-22-38-91/h47-59,64H,10-46H2,1-9H3,(H,81,93)(H,82,97)(H,83,98)/t49?,51?,52?,53-,54-,55-,56-,57-,58-,64-/m0/s1. The highest BCUT2D eigenvalue weighted by atomic mass is 35.5. The third kappa shape index (κ3) is 22.6. The molecular weight excluding hydrogens is 1380 g/mol. The molecular formula is C74H118ClF5N12O12. The molecule has 3 aliphatic heterocycles. The van der Waals surface area contributed by atoms with E-state index in [0.29, 0.717) is 58.0 Å². The van der Waals surface area contributed by atoms with Gasteiger partial charge in [0.15, 0.2) is 0 Å². The zero-order valence-electron chi connectivity index (χ0n) is 62.9. The molecule has 12 amide bonds. The molecule has 0 aromatic rings. The Balaban J connectivity index is 1.28. The summed E-state index contributed by atoms with van der Waals surface area (Å²) in [6.45, 7) is 2.55. The predicted molar refractivity (Wildman–Crippen MR) is 380 cm³/mol. The van der Waals surface area contributed by atoms with E-state index >= 15 is 28.8 Å². The summed E-state index contributed by atoms with van der Waals surface area (Å²) < 4.78 is 69.1. The van der Waals surface area contributed by atoms with Crippen molar-refractivity contribution in [1.29, 1.82) is 0 Å². The van der Waals surface area contributed by atoms with E-state index in [1.807, 2.05) is 13.8 Å². The van der Waals surface area contributed by atoms with Crippen molar-refractivity contribution in [2.24, 2.45) is 29.6 Å². The second-order valence-corrected chi connectivity index (χ2v) is 32.2. The van der Waals surface area contributed by atoms with Gasteiger partial charge in [0.2, 0.25) is 77.3 Å². The number of nitrogens with zero attached hydrogens (tertiary/aromatic N) is 9. The smallest absolute Gasteiger partial charge is 0.343 e. The first-order valence-electron chi connectivity index (χ1n) is 38.4. The van der Waals surface area contributed by atoms with Crippen LogP contribution in [0.2, 0.25) is 0 Å². The van der Waals surface area contributed by atoms with E-state index in [1.165, 1.54) is 73.8 Å². The topological polar surface area (TPSA) is 270 Å². The van der Waals surface area contributed by atoms with Crippen LogP contribution in [0.3, 0.4) is 0 Å². The van der Waals surface area contributed by atoms with Gasteiger partial charge in [-0.2, -0.15) is 13.2 Å². The van der Waals surface area contributed by atoms with Gasteiger partial charge < -0.3 is 60.0 Å². The third-order valence-corrected chi connectivity index (χ3v) is 23.9. The monoisotopic (exact) mass is 1500 g/mol. The number of rotatable bonds is 14. The molecule has 7 aliphatic rings. The number of hydrogen-bond donors (Lipinski definition) is 3. The van der Waals surface area contributed by atoms with Gasteiger partial charge in [0.05, 0.1) is 32.0 Å². The van der Waals surface area contributed by atoms with Crippen LogP contribution in [0.1, 0.15) is 213 Å². The van der Waals surface area contributed by atoms with E-state index in [4.69, 9.17) is 11.6 Å². The molecule has 3 unspecified atom stereocenters. The number of halogens is 6. The van der Waals surface area contributed by atoms with Gasteiger partial charge in [0, 0.05) is 80.8 Å². The van der Waals surface area contributed by atoms with E-state index in [2.05, 4.69) is 16.0 Å². The number of hydrogen-bond acceptors (Lipinski definition) is 12. The third-order valence-electron chi connectivity index (χ3n) is 23.5. The highest BCUT2D eigenvalue weighted by Crippen LogP contribution is 2.44. The van der Waals surface area contributed by atoms with Gasteiger partial charge in [-0.15, -0.1) is 11.6 Å². The highest BCUT2D eigenvalue weighted by molar-refractivity contribution is 6.21. The second kappa shape index (κ2) is 38.9. The molecule has 24 nitrogen and oxygen atoms in total. The van der Waals surface area contributed by atoms with Crippen LogP contribution in [0.15, 0.2) is 0 Å². The van der Waals surface area contributed by atoms with Crippen LogP contribution in [0, 0.1) is 29.6 Å². The van der Waals surface area contributed by atoms with Crippen LogP contribution in [-0.4, -0.2) is 269 Å². The molecule has 4 saturated carbocycles. The largest absolute Gasteiger partial charge is 0.393 e. The molecule has 7 rings (SSSR count). The maximum absolute atomic E-state index is 15.8. The number of amides is 12. The minimum Gasteiger partial charge on any atom is -0.343 e. The Bertz CT molecular complexity index is 2980. The van der Waals surface area contributed by atoms with E-state index < -0.39 is 181 Å². The fourth-order valence-corrected chi connectivity index (χ4v) is 17.6. The van der Waals surface area contributed by atoms with E-state index in [1.54, 1.807) is 4.90 Å². The van der Waals surface area contributed by atoms with E-state index in [0.717, 1.165) is 72.5 Å². The Labute approximate surface area is 616 Å². The van der Waals surface area contributed by atoms with Crippen LogP contribution in [0.4, 0.5) is 22.0 Å². The van der Waals surface area contributed by atoms with Crippen LogP contribution in [0.25, 0.3) is 0 Å². The van der Waals surface area contributed by atoms with Crippen molar-refractivity contribution in [1.82, 2.24) is 60.0 Å². The van der Waals surface area contributed by atoms with Crippen LogP contribution < -0.4 is 16.0 Å². The highest BCUT2D eigenvalue weighted by Gasteiger charge is 2.52. The number of alkyl halides is 6. The lowest BCUT2D eigenvalue weighted by molar-refractivity contribution is -0.182. The minimum absolute atomic E-state index is 0.00334. The molecule has 30 heteroatoms. The Hall–Kier alpha value is -6.42. The molecule has 7 fully saturated rings. The summed E-state index contributed by atoms with van der Waals surface area (Å²) in [5, 5.41) is 7.44. The Morgan fingerprint density at radius 3 is 1.77 bits per heavy atom. The first-order valence-corrected chi connectivity index (χ1v) is 38.9. The molecule has 0 bridgehead atoms. The van der Waals surface area contributed by atoms with Crippen molar-refractivity contribution in [3.05, 3.63) is 0 Å². The average molecular weight is 1500 g/mol. The average Bonchev–Trinajstić information content (AvgIpc) is 1.48. The number of nitrogens with one attached hydrogen (secondary N) is 3.